The van der Waals surface area contributed by atoms with Crippen molar-refractivity contribution < 1.29 is 4.74 Å². The Morgan fingerprint density at radius 1 is 1.33 bits per heavy atom. The number of likely N-dealkylation sites (tertiary alicyclic amines) is 1. The highest BCUT2D eigenvalue weighted by atomic mass is 16.5. The molecule has 90 valence electrons. The quantitative estimate of drug-likeness (QED) is 0.753. The van der Waals surface area contributed by atoms with Crippen LogP contribution < -0.4 is 5.73 Å². The zero-order valence-electron chi connectivity index (χ0n) is 10.4. The fourth-order valence-electron chi connectivity index (χ4n) is 2.38. The molecule has 0 amide bonds. The van der Waals surface area contributed by atoms with Crippen LogP contribution in [-0.4, -0.2) is 43.8 Å². The molecule has 3 nitrogen and oxygen atoms in total. The number of rotatable bonds is 5. The lowest BCUT2D eigenvalue weighted by atomic mass is 9.92. The van der Waals surface area contributed by atoms with Gasteiger partial charge in [0.15, 0.2) is 0 Å². The number of hydrogen-bond donors (Lipinski definition) is 1. The summed E-state index contributed by atoms with van der Waals surface area (Å²) < 4.78 is 5.38. The molecule has 1 fully saturated rings. The van der Waals surface area contributed by atoms with E-state index < -0.39 is 0 Å². The number of ether oxygens (including phenoxy) is 1. The van der Waals surface area contributed by atoms with Crippen LogP contribution in [0.2, 0.25) is 0 Å². The van der Waals surface area contributed by atoms with E-state index in [2.05, 4.69) is 18.7 Å². The van der Waals surface area contributed by atoms with Gasteiger partial charge in [-0.3, -0.25) is 4.90 Å². The number of nitrogens with two attached hydrogens (primary N) is 1. The topological polar surface area (TPSA) is 38.5 Å². The molecule has 1 aliphatic rings. The van der Waals surface area contributed by atoms with Crippen LogP contribution in [0.5, 0.6) is 0 Å². The molecule has 0 spiro atoms. The lowest BCUT2D eigenvalue weighted by Gasteiger charge is -2.38. The molecule has 1 aliphatic heterocycles. The van der Waals surface area contributed by atoms with Crippen LogP contribution in [0.15, 0.2) is 0 Å². The molecule has 1 saturated heterocycles. The van der Waals surface area contributed by atoms with Crippen molar-refractivity contribution in [2.45, 2.75) is 45.3 Å². The molecule has 0 aromatic rings. The molecule has 0 aromatic carbocycles. The van der Waals surface area contributed by atoms with Gasteiger partial charge in [-0.25, -0.2) is 0 Å². The second-order valence-corrected chi connectivity index (χ2v) is 4.74. The number of piperidine rings is 1. The van der Waals surface area contributed by atoms with Crippen LogP contribution in [0.3, 0.4) is 0 Å². The van der Waals surface area contributed by atoms with Gasteiger partial charge in [0.25, 0.3) is 0 Å². The van der Waals surface area contributed by atoms with Crippen LogP contribution >= 0.6 is 0 Å². The van der Waals surface area contributed by atoms with Crippen LogP contribution in [0.1, 0.15) is 33.1 Å². The lowest BCUT2D eigenvalue weighted by molar-refractivity contribution is 0.0182. The molecule has 1 rings (SSSR count). The molecular weight excluding hydrogens is 188 g/mol. The Hall–Kier alpha value is -0.120. The molecule has 0 bridgehead atoms. The van der Waals surface area contributed by atoms with Gasteiger partial charge < -0.3 is 10.5 Å². The first-order valence-corrected chi connectivity index (χ1v) is 6.16. The normalized spacial score (nSPS) is 24.0. The van der Waals surface area contributed by atoms with Gasteiger partial charge >= 0.3 is 0 Å². The Kier molecular flexibility index (Phi) is 5.58. The summed E-state index contributed by atoms with van der Waals surface area (Å²) in [6, 6.07) is 0.536. The lowest BCUT2D eigenvalue weighted by Crippen LogP contribution is -2.45. The van der Waals surface area contributed by atoms with E-state index in [4.69, 9.17) is 10.5 Å². The fourth-order valence-corrected chi connectivity index (χ4v) is 2.38. The zero-order chi connectivity index (χ0) is 11.3. The van der Waals surface area contributed by atoms with E-state index in [1.54, 1.807) is 7.11 Å². The van der Waals surface area contributed by atoms with Crippen molar-refractivity contribution in [3.63, 3.8) is 0 Å². The van der Waals surface area contributed by atoms with E-state index >= 15 is 0 Å². The van der Waals surface area contributed by atoms with E-state index in [9.17, 15) is 0 Å². The zero-order valence-corrected chi connectivity index (χ0v) is 10.4. The summed E-state index contributed by atoms with van der Waals surface area (Å²) in [5, 5.41) is 0. The van der Waals surface area contributed by atoms with Crippen LogP contribution in [0, 0.1) is 5.92 Å². The maximum atomic E-state index is 5.59. The number of methoxy groups -OCH3 is 1. The predicted molar refractivity (Wildman–Crippen MR) is 63.9 cm³/mol. The largest absolute Gasteiger partial charge is 0.380 e. The second-order valence-electron chi connectivity index (χ2n) is 4.74. The van der Waals surface area contributed by atoms with Crippen LogP contribution in [0.4, 0.5) is 0 Å². The Balaban J connectivity index is 2.30. The molecule has 3 heteroatoms. The maximum absolute atomic E-state index is 5.59. The number of nitrogens with zero attached hydrogens (tertiary/aromatic N) is 1. The van der Waals surface area contributed by atoms with Gasteiger partial charge in [0.2, 0.25) is 0 Å². The summed E-state index contributed by atoms with van der Waals surface area (Å²) in [6.07, 6.45) is 4.13. The summed E-state index contributed by atoms with van der Waals surface area (Å²) in [6.45, 7) is 7.67. The van der Waals surface area contributed by atoms with Crippen molar-refractivity contribution in [1.29, 1.82) is 0 Å². The van der Waals surface area contributed by atoms with Crippen molar-refractivity contribution in [1.82, 2.24) is 4.90 Å². The first-order valence-electron chi connectivity index (χ1n) is 6.16. The minimum absolute atomic E-state index is 0.330. The first-order chi connectivity index (χ1) is 7.19. The van der Waals surface area contributed by atoms with Gasteiger partial charge in [-0.05, 0) is 58.7 Å². The van der Waals surface area contributed by atoms with E-state index in [0.29, 0.717) is 12.1 Å². The molecule has 1 heterocycles. The van der Waals surface area contributed by atoms with Crippen molar-refractivity contribution in [2.75, 3.05) is 26.7 Å². The summed E-state index contributed by atoms with van der Waals surface area (Å²) in [5.41, 5.74) is 5.59. The highest BCUT2D eigenvalue weighted by molar-refractivity contribution is 4.79. The van der Waals surface area contributed by atoms with Gasteiger partial charge in [-0.2, -0.15) is 0 Å². The average molecular weight is 214 g/mol. The van der Waals surface area contributed by atoms with E-state index in [-0.39, 0.29) is 0 Å². The SMILES string of the molecule is COC(C)C(C)N1CCC(CCN)CC1. The highest BCUT2D eigenvalue weighted by Crippen LogP contribution is 2.22. The van der Waals surface area contributed by atoms with Crippen molar-refractivity contribution in [2.24, 2.45) is 11.7 Å². The molecule has 0 radical (unpaired) electrons. The molecule has 2 atom stereocenters. The Labute approximate surface area is 94.0 Å². The van der Waals surface area contributed by atoms with E-state index in [1.165, 1.54) is 32.4 Å². The molecular formula is C12H26N2O. The first kappa shape index (κ1) is 12.9. The van der Waals surface area contributed by atoms with Gasteiger partial charge in [0.1, 0.15) is 0 Å². The smallest absolute Gasteiger partial charge is 0.0695 e. The van der Waals surface area contributed by atoms with E-state index in [0.717, 1.165) is 12.5 Å². The maximum Gasteiger partial charge on any atom is 0.0695 e. The highest BCUT2D eigenvalue weighted by Gasteiger charge is 2.25. The third-order valence-electron chi connectivity index (χ3n) is 3.85. The van der Waals surface area contributed by atoms with Crippen LogP contribution in [0.25, 0.3) is 0 Å². The average Bonchev–Trinajstić information content (AvgIpc) is 2.28. The minimum Gasteiger partial charge on any atom is -0.380 e. The molecule has 15 heavy (non-hydrogen) atoms. The third kappa shape index (κ3) is 3.74. The summed E-state index contributed by atoms with van der Waals surface area (Å²) in [5.74, 6) is 0.858. The standard InChI is InChI=1S/C12H26N2O/c1-10(11(2)15-3)14-8-5-12(4-7-13)6-9-14/h10-12H,4-9,13H2,1-3H3. The van der Waals surface area contributed by atoms with Crippen molar-refractivity contribution >= 4 is 0 Å². The fraction of sp³-hybridized carbons (Fsp3) is 1.00. The minimum atomic E-state index is 0.330. The van der Waals surface area contributed by atoms with Crippen molar-refractivity contribution in [3.8, 4) is 0 Å². The summed E-state index contributed by atoms with van der Waals surface area (Å²) in [4.78, 5) is 2.54. The predicted octanol–water partition coefficient (Wildman–Crippen LogP) is 1.47. The van der Waals surface area contributed by atoms with Gasteiger partial charge in [0, 0.05) is 13.2 Å². The second kappa shape index (κ2) is 6.46. The molecule has 0 saturated carbocycles. The molecule has 2 N–H and O–H groups in total. The monoisotopic (exact) mass is 214 g/mol. The number of hydrogen-bond acceptors (Lipinski definition) is 3. The Bertz CT molecular complexity index is 167. The van der Waals surface area contributed by atoms with Gasteiger partial charge in [-0.15, -0.1) is 0 Å². The van der Waals surface area contributed by atoms with Gasteiger partial charge in [0.05, 0.1) is 6.10 Å². The van der Waals surface area contributed by atoms with Crippen LogP contribution in [-0.2, 0) is 4.74 Å². The van der Waals surface area contributed by atoms with E-state index in [1.807, 2.05) is 0 Å². The van der Waals surface area contributed by atoms with Gasteiger partial charge in [-0.1, -0.05) is 0 Å². The molecule has 0 aliphatic carbocycles. The third-order valence-corrected chi connectivity index (χ3v) is 3.85. The Morgan fingerprint density at radius 2 is 1.93 bits per heavy atom. The van der Waals surface area contributed by atoms with Crippen molar-refractivity contribution in [3.05, 3.63) is 0 Å². The molecule has 0 aromatic heterocycles. The summed E-state index contributed by atoms with van der Waals surface area (Å²) >= 11 is 0. The Morgan fingerprint density at radius 3 is 2.40 bits per heavy atom. The summed E-state index contributed by atoms with van der Waals surface area (Å²) in [7, 11) is 1.79. The molecule has 2 unspecified atom stereocenters.